The van der Waals surface area contributed by atoms with E-state index in [1.165, 1.54) is 0 Å². The van der Waals surface area contributed by atoms with Crippen LogP contribution in [-0.4, -0.2) is 55.0 Å². The number of hydrogen-bond acceptors (Lipinski definition) is 4. The van der Waals surface area contributed by atoms with E-state index in [1.807, 2.05) is 37.3 Å². The molecule has 1 N–H and O–H groups in total. The summed E-state index contributed by atoms with van der Waals surface area (Å²) in [6.45, 7) is 3.33. The first-order valence-corrected chi connectivity index (χ1v) is 10.3. The molecule has 2 saturated heterocycles. The van der Waals surface area contributed by atoms with E-state index in [4.69, 9.17) is 4.74 Å². The molecule has 6 heteroatoms. The lowest BCUT2D eigenvalue weighted by molar-refractivity contribution is -0.116. The number of aliphatic hydroxyl groups is 1. The van der Waals surface area contributed by atoms with Crippen molar-refractivity contribution in [2.24, 2.45) is 5.92 Å². The van der Waals surface area contributed by atoms with Crippen LogP contribution in [-0.2, 0) is 21.2 Å². The summed E-state index contributed by atoms with van der Waals surface area (Å²) in [5.74, 6) is -0.0382. The fourth-order valence-electron chi connectivity index (χ4n) is 3.90. The second kappa shape index (κ2) is 7.12. The molecule has 1 aromatic carbocycles. The highest BCUT2D eigenvalue weighted by Crippen LogP contribution is 2.37. The van der Waals surface area contributed by atoms with Gasteiger partial charge in [0, 0.05) is 25.1 Å². The molecular formula is C18H27NO4S. The van der Waals surface area contributed by atoms with Crippen molar-refractivity contribution in [2.45, 2.75) is 44.2 Å². The van der Waals surface area contributed by atoms with Gasteiger partial charge in [-0.15, -0.1) is 0 Å². The maximum absolute atomic E-state index is 12.9. The summed E-state index contributed by atoms with van der Waals surface area (Å²) in [5.41, 5.74) is 0.172. The molecule has 0 aliphatic carbocycles. The molecule has 0 amide bonds. The van der Waals surface area contributed by atoms with E-state index in [-0.39, 0.29) is 17.7 Å². The lowest BCUT2D eigenvalue weighted by Gasteiger charge is -2.42. The molecule has 24 heavy (non-hydrogen) atoms. The number of ether oxygens (including phenoxy) is 1. The highest BCUT2D eigenvalue weighted by molar-refractivity contribution is 7.89. The van der Waals surface area contributed by atoms with E-state index >= 15 is 0 Å². The van der Waals surface area contributed by atoms with Crippen LogP contribution in [0.5, 0.6) is 0 Å². The molecule has 1 aromatic rings. The van der Waals surface area contributed by atoms with Crippen molar-refractivity contribution >= 4 is 10.0 Å². The van der Waals surface area contributed by atoms with Gasteiger partial charge in [0.2, 0.25) is 10.0 Å². The van der Waals surface area contributed by atoms with Gasteiger partial charge in [-0.05, 0) is 38.2 Å². The molecule has 3 rings (SSSR count). The monoisotopic (exact) mass is 353 g/mol. The van der Waals surface area contributed by atoms with Crippen molar-refractivity contribution in [3.8, 4) is 0 Å². The summed E-state index contributed by atoms with van der Waals surface area (Å²) in [7, 11) is -3.34. The number of aryl methyl sites for hydroxylation is 1. The number of hydrogen-bond donors (Lipinski definition) is 1. The molecule has 0 aromatic heterocycles. The molecule has 0 radical (unpaired) electrons. The van der Waals surface area contributed by atoms with Gasteiger partial charge in [0.1, 0.15) is 0 Å². The number of benzene rings is 1. The molecular weight excluding hydrogens is 326 g/mol. The summed E-state index contributed by atoms with van der Waals surface area (Å²) in [6.07, 6.45) is 2.73. The van der Waals surface area contributed by atoms with E-state index < -0.39 is 15.6 Å². The molecule has 2 fully saturated rings. The second-order valence-corrected chi connectivity index (χ2v) is 9.20. The van der Waals surface area contributed by atoms with Gasteiger partial charge in [0.25, 0.3) is 0 Å². The number of sulfonamides is 1. The highest BCUT2D eigenvalue weighted by Gasteiger charge is 2.47. The average molecular weight is 353 g/mol. The Bertz CT molecular complexity index is 644. The van der Waals surface area contributed by atoms with Crippen LogP contribution in [0.25, 0.3) is 0 Å². The number of rotatable bonds is 5. The number of nitrogens with zero attached hydrogens (tertiary/aromatic N) is 1. The molecule has 0 saturated carbocycles. The molecule has 2 aliphatic heterocycles. The quantitative estimate of drug-likeness (QED) is 0.877. The Balaban J connectivity index is 1.71. The summed E-state index contributed by atoms with van der Waals surface area (Å²) < 4.78 is 32.9. The second-order valence-electron chi connectivity index (χ2n) is 7.16. The predicted molar refractivity (Wildman–Crippen MR) is 93.2 cm³/mol. The maximum Gasteiger partial charge on any atom is 0.214 e. The van der Waals surface area contributed by atoms with E-state index in [0.717, 1.165) is 18.4 Å². The smallest absolute Gasteiger partial charge is 0.214 e. The zero-order chi connectivity index (χ0) is 17.2. The van der Waals surface area contributed by atoms with Crippen molar-refractivity contribution in [1.82, 2.24) is 4.31 Å². The molecule has 3 atom stereocenters. The summed E-state index contributed by atoms with van der Waals surface area (Å²) in [6, 6.07) is 9.54. The van der Waals surface area contributed by atoms with Gasteiger partial charge in [0.05, 0.1) is 18.0 Å². The van der Waals surface area contributed by atoms with Gasteiger partial charge in [0.15, 0.2) is 0 Å². The SMILES string of the molecule is C[C@]1(O)CCOC[C@@H]1[C@H]1CCCN1S(=O)(=O)CCc1ccccc1. The standard InChI is InChI=1S/C18H27NO4S/c1-18(20)10-12-23-14-16(18)17-8-5-11-19(17)24(21,22)13-9-15-6-3-2-4-7-15/h2-4,6-7,16-17,20H,5,8-14H2,1H3/t16-,17-,18+/m1/s1. The van der Waals surface area contributed by atoms with Crippen LogP contribution in [0.2, 0.25) is 0 Å². The van der Waals surface area contributed by atoms with E-state index in [9.17, 15) is 13.5 Å². The minimum absolute atomic E-state index is 0.114. The Labute approximate surface area is 144 Å². The van der Waals surface area contributed by atoms with Crippen molar-refractivity contribution < 1.29 is 18.3 Å². The molecule has 0 bridgehead atoms. The predicted octanol–water partition coefficient (Wildman–Crippen LogP) is 1.81. The average Bonchev–Trinajstić information content (AvgIpc) is 3.04. The van der Waals surface area contributed by atoms with Gasteiger partial charge >= 0.3 is 0 Å². The first-order valence-electron chi connectivity index (χ1n) is 8.74. The van der Waals surface area contributed by atoms with Gasteiger partial charge in [-0.1, -0.05) is 30.3 Å². The minimum Gasteiger partial charge on any atom is -0.390 e. The van der Waals surface area contributed by atoms with Crippen LogP contribution in [0, 0.1) is 5.92 Å². The van der Waals surface area contributed by atoms with Gasteiger partial charge in [-0.2, -0.15) is 4.31 Å². The molecule has 0 spiro atoms. The van der Waals surface area contributed by atoms with Gasteiger partial charge < -0.3 is 9.84 Å². The first kappa shape index (κ1) is 17.9. The van der Waals surface area contributed by atoms with Crippen molar-refractivity contribution in [1.29, 1.82) is 0 Å². The Morgan fingerprint density at radius 2 is 2.08 bits per heavy atom. The topological polar surface area (TPSA) is 66.8 Å². The Kier molecular flexibility index (Phi) is 5.30. The van der Waals surface area contributed by atoms with Gasteiger partial charge in [-0.3, -0.25) is 0 Å². The lowest BCUT2D eigenvalue weighted by Crippen LogP contribution is -2.53. The summed E-state index contributed by atoms with van der Waals surface area (Å²) >= 11 is 0. The Hall–Kier alpha value is -0.950. The van der Waals surface area contributed by atoms with Crippen LogP contribution in [0.15, 0.2) is 30.3 Å². The first-order chi connectivity index (χ1) is 11.4. The van der Waals surface area contributed by atoms with Crippen LogP contribution >= 0.6 is 0 Å². The van der Waals surface area contributed by atoms with Crippen LogP contribution in [0.1, 0.15) is 31.7 Å². The largest absolute Gasteiger partial charge is 0.390 e. The normalized spacial score (nSPS) is 32.1. The van der Waals surface area contributed by atoms with Gasteiger partial charge in [-0.25, -0.2) is 8.42 Å². The molecule has 0 unspecified atom stereocenters. The third-order valence-electron chi connectivity index (χ3n) is 5.41. The van der Waals surface area contributed by atoms with Crippen LogP contribution < -0.4 is 0 Å². The molecule has 134 valence electrons. The lowest BCUT2D eigenvalue weighted by atomic mass is 9.80. The third-order valence-corrected chi connectivity index (χ3v) is 7.30. The zero-order valence-corrected chi connectivity index (χ0v) is 15.0. The summed E-state index contributed by atoms with van der Waals surface area (Å²) in [4.78, 5) is 0. The Morgan fingerprint density at radius 3 is 2.79 bits per heavy atom. The van der Waals surface area contributed by atoms with E-state index in [0.29, 0.717) is 32.6 Å². The van der Waals surface area contributed by atoms with Crippen LogP contribution in [0.4, 0.5) is 0 Å². The van der Waals surface area contributed by atoms with Crippen molar-refractivity contribution in [2.75, 3.05) is 25.5 Å². The maximum atomic E-state index is 12.9. The third kappa shape index (κ3) is 3.82. The Morgan fingerprint density at radius 1 is 1.33 bits per heavy atom. The van der Waals surface area contributed by atoms with E-state index in [2.05, 4.69) is 0 Å². The van der Waals surface area contributed by atoms with Crippen molar-refractivity contribution in [3.05, 3.63) is 35.9 Å². The fourth-order valence-corrected chi connectivity index (χ4v) is 5.70. The minimum atomic E-state index is -3.34. The molecule has 5 nitrogen and oxygen atoms in total. The molecule has 2 aliphatic rings. The fraction of sp³-hybridized carbons (Fsp3) is 0.667. The summed E-state index contributed by atoms with van der Waals surface area (Å²) in [5, 5.41) is 10.7. The van der Waals surface area contributed by atoms with E-state index in [1.54, 1.807) is 4.31 Å². The molecule has 2 heterocycles. The van der Waals surface area contributed by atoms with Crippen LogP contribution in [0.3, 0.4) is 0 Å². The highest BCUT2D eigenvalue weighted by atomic mass is 32.2. The zero-order valence-electron chi connectivity index (χ0n) is 14.2. The van der Waals surface area contributed by atoms with Crippen molar-refractivity contribution in [3.63, 3.8) is 0 Å².